The first-order valence-electron chi connectivity index (χ1n) is 6.50. The van der Waals surface area contributed by atoms with Gasteiger partial charge in [0, 0.05) is 29.0 Å². The van der Waals surface area contributed by atoms with Gasteiger partial charge in [0.25, 0.3) is 0 Å². The number of nitrogens with zero attached hydrogens (tertiary/aromatic N) is 1. The van der Waals surface area contributed by atoms with E-state index in [9.17, 15) is 9.59 Å². The molecule has 1 amide bonds. The van der Waals surface area contributed by atoms with Crippen LogP contribution in [0.5, 0.6) is 0 Å². The molecule has 1 aromatic heterocycles. The average Bonchev–Trinajstić information content (AvgIpc) is 2.86. The van der Waals surface area contributed by atoms with E-state index >= 15 is 0 Å². The van der Waals surface area contributed by atoms with Crippen molar-refractivity contribution in [2.45, 2.75) is 20.3 Å². The van der Waals surface area contributed by atoms with Crippen LogP contribution in [0.3, 0.4) is 0 Å². The van der Waals surface area contributed by atoms with Gasteiger partial charge in [-0.1, -0.05) is 37.6 Å². The van der Waals surface area contributed by atoms with E-state index in [0.717, 1.165) is 4.88 Å². The van der Waals surface area contributed by atoms with Crippen LogP contribution in [-0.4, -0.2) is 16.7 Å². The van der Waals surface area contributed by atoms with Gasteiger partial charge >= 0.3 is 0 Å². The molecule has 21 heavy (non-hydrogen) atoms. The Hall–Kier alpha value is -1.72. The number of halogens is 1. The molecular weight excluding hydrogens is 308 g/mol. The molecule has 0 saturated carbocycles. The Morgan fingerprint density at radius 3 is 2.71 bits per heavy atom. The van der Waals surface area contributed by atoms with Crippen LogP contribution in [0.25, 0.3) is 0 Å². The van der Waals surface area contributed by atoms with Crippen molar-refractivity contribution < 1.29 is 9.59 Å². The number of carbonyl (C=O) groups is 2. The van der Waals surface area contributed by atoms with Crippen molar-refractivity contribution in [3.8, 4) is 0 Å². The molecule has 2 aromatic rings. The van der Waals surface area contributed by atoms with Gasteiger partial charge in [0.15, 0.2) is 10.9 Å². The summed E-state index contributed by atoms with van der Waals surface area (Å²) >= 11 is 7.30. The largest absolute Gasteiger partial charge is 0.302 e. The third-order valence-corrected chi connectivity index (χ3v) is 4.06. The molecule has 4 nitrogen and oxygen atoms in total. The number of hydrogen-bond acceptors (Lipinski definition) is 4. The van der Waals surface area contributed by atoms with Crippen LogP contribution >= 0.6 is 22.9 Å². The Labute approximate surface area is 132 Å². The van der Waals surface area contributed by atoms with Crippen molar-refractivity contribution in [2.75, 3.05) is 5.32 Å². The highest BCUT2D eigenvalue weighted by Crippen LogP contribution is 2.22. The summed E-state index contributed by atoms with van der Waals surface area (Å²) in [6.45, 7) is 3.62. The maximum absolute atomic E-state index is 12.2. The number of amides is 1. The number of carbonyl (C=O) groups excluding carboxylic acids is 2. The lowest BCUT2D eigenvalue weighted by Crippen LogP contribution is -2.17. The van der Waals surface area contributed by atoms with Gasteiger partial charge in [-0.15, -0.1) is 11.3 Å². The molecule has 1 aromatic carbocycles. The normalized spacial score (nSPS) is 10.7. The molecule has 6 heteroatoms. The molecule has 0 bridgehead atoms. The van der Waals surface area contributed by atoms with E-state index in [2.05, 4.69) is 10.3 Å². The summed E-state index contributed by atoms with van der Waals surface area (Å²) in [4.78, 5) is 28.7. The van der Waals surface area contributed by atoms with Crippen LogP contribution in [-0.2, 0) is 11.2 Å². The molecule has 0 spiro atoms. The molecule has 0 aliphatic carbocycles. The number of aromatic nitrogens is 1. The standard InChI is InChI=1S/C15H15ClN2O2S/c1-9(2)14(20)18-15-17-8-10(21-15)7-13(19)11-5-3-4-6-12(11)16/h3-6,8-9H,7H2,1-2H3,(H,17,18,20). The van der Waals surface area contributed by atoms with Gasteiger partial charge in [-0.05, 0) is 12.1 Å². The van der Waals surface area contributed by atoms with Crippen molar-refractivity contribution in [3.63, 3.8) is 0 Å². The van der Waals surface area contributed by atoms with Crippen LogP contribution in [0.2, 0.25) is 5.02 Å². The molecule has 1 heterocycles. The SMILES string of the molecule is CC(C)C(=O)Nc1ncc(CC(=O)c2ccccc2Cl)s1. The fourth-order valence-electron chi connectivity index (χ4n) is 1.64. The number of thiazole rings is 1. The zero-order chi connectivity index (χ0) is 15.4. The van der Waals surface area contributed by atoms with Gasteiger partial charge in [0.2, 0.25) is 5.91 Å². The van der Waals surface area contributed by atoms with Crippen LogP contribution in [0, 0.1) is 5.92 Å². The predicted octanol–water partition coefficient (Wildman–Crippen LogP) is 3.82. The first-order valence-corrected chi connectivity index (χ1v) is 7.70. The Balaban J connectivity index is 2.04. The molecule has 0 aliphatic rings. The Kier molecular flexibility index (Phi) is 5.09. The molecule has 0 fully saturated rings. The van der Waals surface area contributed by atoms with E-state index in [0.29, 0.717) is 15.7 Å². The van der Waals surface area contributed by atoms with E-state index in [4.69, 9.17) is 11.6 Å². The first kappa shape index (κ1) is 15.7. The van der Waals surface area contributed by atoms with Gasteiger partial charge < -0.3 is 5.32 Å². The minimum atomic E-state index is -0.109. The Bertz CT molecular complexity index is 667. The highest BCUT2D eigenvalue weighted by Gasteiger charge is 2.14. The number of Topliss-reactive ketones (excluding diaryl/α,β-unsaturated/α-hetero) is 1. The number of nitrogens with one attached hydrogen (secondary N) is 1. The van der Waals surface area contributed by atoms with Crippen molar-refractivity contribution in [1.82, 2.24) is 4.98 Å². The van der Waals surface area contributed by atoms with Gasteiger partial charge in [-0.3, -0.25) is 9.59 Å². The summed E-state index contributed by atoms with van der Waals surface area (Å²) in [5.74, 6) is -0.263. The zero-order valence-electron chi connectivity index (χ0n) is 11.7. The first-order chi connectivity index (χ1) is 9.97. The van der Waals surface area contributed by atoms with E-state index in [1.807, 2.05) is 13.8 Å². The third-order valence-electron chi connectivity index (χ3n) is 2.82. The number of benzene rings is 1. The van der Waals surface area contributed by atoms with E-state index in [1.165, 1.54) is 11.3 Å². The van der Waals surface area contributed by atoms with Crippen LogP contribution in [0.1, 0.15) is 29.1 Å². The van der Waals surface area contributed by atoms with Crippen molar-refractivity contribution >= 4 is 39.8 Å². The Morgan fingerprint density at radius 2 is 2.05 bits per heavy atom. The average molecular weight is 323 g/mol. The topological polar surface area (TPSA) is 59.1 Å². The predicted molar refractivity (Wildman–Crippen MR) is 85.1 cm³/mol. The summed E-state index contributed by atoms with van der Waals surface area (Å²) in [6.07, 6.45) is 1.83. The van der Waals surface area contributed by atoms with Gasteiger partial charge in [0.05, 0.1) is 5.02 Å². The third kappa shape index (κ3) is 4.12. The van der Waals surface area contributed by atoms with Gasteiger partial charge in [0.1, 0.15) is 0 Å². The van der Waals surface area contributed by atoms with Crippen molar-refractivity contribution in [1.29, 1.82) is 0 Å². The minimum absolute atomic E-state index is 0.0639. The van der Waals surface area contributed by atoms with Crippen molar-refractivity contribution in [2.24, 2.45) is 5.92 Å². The minimum Gasteiger partial charge on any atom is -0.302 e. The molecular formula is C15H15ClN2O2S. The zero-order valence-corrected chi connectivity index (χ0v) is 13.3. The van der Waals surface area contributed by atoms with E-state index in [-0.39, 0.29) is 24.0 Å². The second kappa shape index (κ2) is 6.83. The molecule has 0 radical (unpaired) electrons. The van der Waals surface area contributed by atoms with Crippen LogP contribution in [0.4, 0.5) is 5.13 Å². The molecule has 0 saturated heterocycles. The number of rotatable bonds is 5. The van der Waals surface area contributed by atoms with Crippen LogP contribution < -0.4 is 5.32 Å². The maximum atomic E-state index is 12.2. The second-order valence-electron chi connectivity index (χ2n) is 4.86. The quantitative estimate of drug-likeness (QED) is 0.851. The smallest absolute Gasteiger partial charge is 0.228 e. The summed E-state index contributed by atoms with van der Waals surface area (Å²) in [5.41, 5.74) is 0.500. The van der Waals surface area contributed by atoms with Crippen LogP contribution in [0.15, 0.2) is 30.5 Å². The molecule has 2 rings (SSSR count). The molecule has 110 valence electrons. The molecule has 1 N–H and O–H groups in total. The number of ketones is 1. The number of anilines is 1. The summed E-state index contributed by atoms with van der Waals surface area (Å²) in [6, 6.07) is 6.95. The lowest BCUT2D eigenvalue weighted by atomic mass is 10.1. The number of hydrogen-bond donors (Lipinski definition) is 1. The summed E-state index contributed by atoms with van der Waals surface area (Å²) in [5, 5.41) is 3.67. The van der Waals surface area contributed by atoms with Crippen molar-refractivity contribution in [3.05, 3.63) is 45.9 Å². The van der Waals surface area contributed by atoms with E-state index in [1.54, 1.807) is 30.5 Å². The van der Waals surface area contributed by atoms with Gasteiger partial charge in [-0.2, -0.15) is 0 Å². The highest BCUT2D eigenvalue weighted by atomic mass is 35.5. The lowest BCUT2D eigenvalue weighted by Gasteiger charge is -2.03. The Morgan fingerprint density at radius 1 is 1.33 bits per heavy atom. The summed E-state index contributed by atoms with van der Waals surface area (Å²) < 4.78 is 0. The molecule has 0 atom stereocenters. The fraction of sp³-hybridized carbons (Fsp3) is 0.267. The van der Waals surface area contributed by atoms with Gasteiger partial charge in [-0.25, -0.2) is 4.98 Å². The maximum Gasteiger partial charge on any atom is 0.228 e. The monoisotopic (exact) mass is 322 g/mol. The van der Waals surface area contributed by atoms with E-state index < -0.39 is 0 Å². The second-order valence-corrected chi connectivity index (χ2v) is 6.38. The summed E-state index contributed by atoms with van der Waals surface area (Å²) in [7, 11) is 0. The molecule has 0 unspecified atom stereocenters. The lowest BCUT2D eigenvalue weighted by molar-refractivity contribution is -0.118. The molecule has 0 aliphatic heterocycles. The fourth-order valence-corrected chi connectivity index (χ4v) is 2.69. The highest BCUT2D eigenvalue weighted by molar-refractivity contribution is 7.15.